The lowest BCUT2D eigenvalue weighted by molar-refractivity contribution is -0.130. The van der Waals surface area contributed by atoms with E-state index < -0.39 is 6.61 Å². The van der Waals surface area contributed by atoms with Gasteiger partial charge >= 0.3 is 6.61 Å². The maximum Gasteiger partial charge on any atom is 0.387 e. The molecule has 27 heavy (non-hydrogen) atoms. The van der Waals surface area contributed by atoms with E-state index in [1.54, 1.807) is 12.1 Å². The van der Waals surface area contributed by atoms with E-state index in [0.717, 1.165) is 25.9 Å². The summed E-state index contributed by atoms with van der Waals surface area (Å²) in [6.45, 7) is 0.842. The number of ether oxygens (including phenoxy) is 1. The Morgan fingerprint density at radius 3 is 2.78 bits per heavy atom. The van der Waals surface area contributed by atoms with Crippen LogP contribution in [0.15, 0.2) is 29.4 Å². The van der Waals surface area contributed by atoms with Crippen molar-refractivity contribution in [2.45, 2.75) is 31.5 Å². The number of nitrogens with zero attached hydrogens (tertiary/aromatic N) is 4. The molecule has 0 spiro atoms. The van der Waals surface area contributed by atoms with Crippen LogP contribution in [0.4, 0.5) is 8.78 Å². The number of halogens is 2. The van der Waals surface area contributed by atoms with Gasteiger partial charge in [0.25, 0.3) is 0 Å². The number of nitrogen functional groups attached to an aromatic ring is 1. The van der Waals surface area contributed by atoms with Crippen molar-refractivity contribution in [3.63, 3.8) is 0 Å². The molecule has 0 aliphatic carbocycles. The standard InChI is InChI=1S/C17H21F2N5O2S/c1-11-3-2-8-23(9-11)14(25)10-27-17-22-21-15(24(17)20)12-4-6-13(7-5-12)26-16(18)19/h4-7,11,16H,2-3,8-10,20H2,1H3. The molecule has 2 aromatic rings. The summed E-state index contributed by atoms with van der Waals surface area (Å²) >= 11 is 1.23. The zero-order valence-electron chi connectivity index (χ0n) is 14.8. The number of rotatable bonds is 6. The summed E-state index contributed by atoms with van der Waals surface area (Å²) in [5.41, 5.74) is 0.606. The number of alkyl halides is 2. The molecule has 3 rings (SSSR count). The van der Waals surface area contributed by atoms with Crippen molar-refractivity contribution in [1.82, 2.24) is 19.8 Å². The van der Waals surface area contributed by atoms with Crippen molar-refractivity contribution in [3.05, 3.63) is 24.3 Å². The summed E-state index contributed by atoms with van der Waals surface area (Å²) in [5, 5.41) is 8.47. The lowest BCUT2D eigenvalue weighted by Crippen LogP contribution is -2.40. The number of aromatic nitrogens is 3. The highest BCUT2D eigenvalue weighted by Gasteiger charge is 2.22. The summed E-state index contributed by atoms with van der Waals surface area (Å²) in [7, 11) is 0. The largest absolute Gasteiger partial charge is 0.435 e. The average Bonchev–Trinajstić information content (AvgIpc) is 3.00. The third kappa shape index (κ3) is 4.88. The van der Waals surface area contributed by atoms with Crippen LogP contribution >= 0.6 is 11.8 Å². The van der Waals surface area contributed by atoms with Crippen LogP contribution in [0.1, 0.15) is 19.8 Å². The van der Waals surface area contributed by atoms with Crippen LogP contribution in [-0.4, -0.2) is 51.1 Å². The predicted molar refractivity (Wildman–Crippen MR) is 97.9 cm³/mol. The fourth-order valence-electron chi connectivity index (χ4n) is 2.99. The predicted octanol–water partition coefficient (Wildman–Crippen LogP) is 2.61. The Bertz CT molecular complexity index is 784. The van der Waals surface area contributed by atoms with Crippen LogP contribution in [0.2, 0.25) is 0 Å². The molecule has 1 fully saturated rings. The molecule has 1 aliphatic rings. The summed E-state index contributed by atoms with van der Waals surface area (Å²) in [4.78, 5) is 14.2. The van der Waals surface area contributed by atoms with E-state index in [4.69, 9.17) is 5.84 Å². The van der Waals surface area contributed by atoms with Gasteiger partial charge < -0.3 is 15.5 Å². The first-order valence-corrected chi connectivity index (χ1v) is 9.59. The third-order valence-corrected chi connectivity index (χ3v) is 5.26. The van der Waals surface area contributed by atoms with Crippen LogP contribution < -0.4 is 10.6 Å². The molecule has 0 bridgehead atoms. The van der Waals surface area contributed by atoms with E-state index in [1.807, 2.05) is 4.90 Å². The molecular formula is C17H21F2N5O2S. The van der Waals surface area contributed by atoms with E-state index in [2.05, 4.69) is 21.9 Å². The first-order chi connectivity index (χ1) is 12.9. The first-order valence-electron chi connectivity index (χ1n) is 8.60. The Kier molecular flexibility index (Phi) is 6.15. The molecule has 2 heterocycles. The second kappa shape index (κ2) is 8.55. The molecule has 1 saturated heterocycles. The highest BCUT2D eigenvalue weighted by atomic mass is 32.2. The minimum atomic E-state index is -2.88. The molecule has 10 heteroatoms. The van der Waals surface area contributed by atoms with Gasteiger partial charge in [-0.3, -0.25) is 4.79 Å². The van der Waals surface area contributed by atoms with Crippen LogP contribution in [0.5, 0.6) is 5.75 Å². The molecule has 1 aromatic carbocycles. The zero-order chi connectivity index (χ0) is 19.4. The van der Waals surface area contributed by atoms with Gasteiger partial charge in [0.15, 0.2) is 5.82 Å². The smallest absolute Gasteiger partial charge is 0.387 e. The van der Waals surface area contributed by atoms with E-state index in [-0.39, 0.29) is 17.4 Å². The third-order valence-electron chi connectivity index (χ3n) is 4.34. The molecular weight excluding hydrogens is 376 g/mol. The van der Waals surface area contributed by atoms with E-state index >= 15 is 0 Å². The lowest BCUT2D eigenvalue weighted by atomic mass is 10.0. The molecule has 7 nitrogen and oxygen atoms in total. The number of carbonyl (C=O) groups is 1. The number of hydrogen-bond donors (Lipinski definition) is 1. The maximum atomic E-state index is 12.4. The Morgan fingerprint density at radius 1 is 1.37 bits per heavy atom. The maximum absolute atomic E-state index is 12.4. The highest BCUT2D eigenvalue weighted by Crippen LogP contribution is 2.25. The second-order valence-corrected chi connectivity index (χ2v) is 7.40. The Morgan fingerprint density at radius 2 is 2.11 bits per heavy atom. The van der Waals surface area contributed by atoms with Crippen LogP contribution in [-0.2, 0) is 4.79 Å². The molecule has 0 saturated carbocycles. The fourth-order valence-corrected chi connectivity index (χ4v) is 3.75. The summed E-state index contributed by atoms with van der Waals surface area (Å²) in [6.07, 6.45) is 2.18. The number of likely N-dealkylation sites (tertiary alicyclic amines) is 1. The first kappa shape index (κ1) is 19.4. The van der Waals surface area contributed by atoms with Crippen molar-refractivity contribution in [3.8, 4) is 17.1 Å². The van der Waals surface area contributed by atoms with Crippen molar-refractivity contribution >= 4 is 17.7 Å². The van der Waals surface area contributed by atoms with Crippen molar-refractivity contribution < 1.29 is 18.3 Å². The molecule has 146 valence electrons. The normalized spacial score (nSPS) is 17.3. The van der Waals surface area contributed by atoms with E-state index in [1.165, 1.54) is 28.6 Å². The molecule has 1 unspecified atom stereocenters. The number of benzene rings is 1. The van der Waals surface area contributed by atoms with Gasteiger partial charge in [0.05, 0.1) is 5.75 Å². The van der Waals surface area contributed by atoms with Gasteiger partial charge in [-0.05, 0) is 43.0 Å². The molecule has 1 atom stereocenters. The Labute approximate surface area is 159 Å². The van der Waals surface area contributed by atoms with Gasteiger partial charge in [-0.25, -0.2) is 4.68 Å². The highest BCUT2D eigenvalue weighted by molar-refractivity contribution is 7.99. The summed E-state index contributed by atoms with van der Waals surface area (Å²) in [5.74, 6) is 7.28. The molecule has 1 aromatic heterocycles. The van der Waals surface area contributed by atoms with Crippen molar-refractivity contribution in [2.24, 2.45) is 5.92 Å². The number of nitrogens with two attached hydrogens (primary N) is 1. The Hall–Kier alpha value is -2.36. The van der Waals surface area contributed by atoms with E-state index in [9.17, 15) is 13.6 Å². The number of hydrogen-bond acceptors (Lipinski definition) is 6. The number of amides is 1. The van der Waals surface area contributed by atoms with Gasteiger partial charge in [-0.15, -0.1) is 10.2 Å². The zero-order valence-corrected chi connectivity index (χ0v) is 15.7. The van der Waals surface area contributed by atoms with Crippen LogP contribution in [0, 0.1) is 5.92 Å². The van der Waals surface area contributed by atoms with Gasteiger partial charge in [0.2, 0.25) is 11.1 Å². The monoisotopic (exact) mass is 397 g/mol. The average molecular weight is 397 g/mol. The molecule has 0 radical (unpaired) electrons. The lowest BCUT2D eigenvalue weighted by Gasteiger charge is -2.30. The van der Waals surface area contributed by atoms with Gasteiger partial charge in [0, 0.05) is 18.7 Å². The number of piperidine rings is 1. The fraction of sp³-hybridized carbons (Fsp3) is 0.471. The minimum Gasteiger partial charge on any atom is -0.435 e. The van der Waals surface area contributed by atoms with Crippen molar-refractivity contribution in [1.29, 1.82) is 0 Å². The quantitative estimate of drug-likeness (QED) is 0.596. The topological polar surface area (TPSA) is 86.3 Å². The SMILES string of the molecule is CC1CCCN(C(=O)CSc2nnc(-c3ccc(OC(F)F)cc3)n2N)C1. The number of carbonyl (C=O) groups excluding carboxylic acids is 1. The van der Waals surface area contributed by atoms with Crippen LogP contribution in [0.25, 0.3) is 11.4 Å². The minimum absolute atomic E-state index is 0.0489. The van der Waals surface area contributed by atoms with Gasteiger partial charge in [0.1, 0.15) is 5.75 Å². The van der Waals surface area contributed by atoms with Crippen molar-refractivity contribution in [2.75, 3.05) is 24.7 Å². The van der Waals surface area contributed by atoms with Gasteiger partial charge in [-0.1, -0.05) is 18.7 Å². The van der Waals surface area contributed by atoms with E-state index in [0.29, 0.717) is 22.5 Å². The summed E-state index contributed by atoms with van der Waals surface area (Å²) in [6, 6.07) is 5.95. The van der Waals surface area contributed by atoms with Crippen LogP contribution in [0.3, 0.4) is 0 Å². The molecule has 1 aliphatic heterocycles. The number of thioether (sulfide) groups is 1. The second-order valence-electron chi connectivity index (χ2n) is 6.45. The summed E-state index contributed by atoms with van der Waals surface area (Å²) < 4.78 is 30.0. The Balaban J connectivity index is 1.62. The molecule has 1 amide bonds. The molecule has 2 N–H and O–H groups in total. The van der Waals surface area contributed by atoms with Gasteiger partial charge in [-0.2, -0.15) is 8.78 Å².